The van der Waals surface area contributed by atoms with E-state index in [2.05, 4.69) is 21.9 Å². The van der Waals surface area contributed by atoms with Crippen LogP contribution >= 0.6 is 0 Å². The molecule has 3 rings (SSSR count). The average Bonchev–Trinajstić information content (AvgIpc) is 2.66. The molecule has 0 aromatic heterocycles. The van der Waals surface area contributed by atoms with Crippen LogP contribution in [0, 0.1) is 10.8 Å². The molecule has 4 N–H and O–H groups in total. The molecule has 2 unspecified atom stereocenters. The summed E-state index contributed by atoms with van der Waals surface area (Å²) in [6.45, 7) is 7.38. The van der Waals surface area contributed by atoms with Crippen molar-refractivity contribution in [1.29, 1.82) is 0 Å². The lowest BCUT2D eigenvalue weighted by Gasteiger charge is -2.34. The van der Waals surface area contributed by atoms with Gasteiger partial charge in [-0.1, -0.05) is 23.8 Å². The summed E-state index contributed by atoms with van der Waals surface area (Å²) in [4.78, 5) is 25.0. The highest BCUT2D eigenvalue weighted by molar-refractivity contribution is 6.53. The molecule has 1 aromatic rings. The lowest BCUT2D eigenvalue weighted by molar-refractivity contribution is 0.0694. The number of nitrogens with one attached hydrogen (secondary N) is 1. The maximum Gasteiger partial charge on any atom is 0.570 e. The van der Waals surface area contributed by atoms with Crippen LogP contribution in [-0.4, -0.2) is 55.1 Å². The minimum atomic E-state index is -1.09. The largest absolute Gasteiger partial charge is 0.570 e. The maximum atomic E-state index is 11.4. The van der Waals surface area contributed by atoms with E-state index in [1.807, 2.05) is 0 Å². The molecule has 1 fully saturated rings. The van der Waals surface area contributed by atoms with E-state index < -0.39 is 13.0 Å². The summed E-state index contributed by atoms with van der Waals surface area (Å²) in [5.41, 5.74) is 7.35. The Morgan fingerprint density at radius 2 is 2.33 bits per heavy atom. The topological polar surface area (TPSA) is 117 Å². The van der Waals surface area contributed by atoms with Crippen LogP contribution in [0.25, 0.3) is 0 Å². The Bertz CT molecular complexity index is 729. The molecule has 0 amide bonds. The van der Waals surface area contributed by atoms with E-state index in [0.717, 1.165) is 37.2 Å². The Morgan fingerprint density at radius 3 is 3.04 bits per heavy atom. The number of nitrogens with two attached hydrogens (primary N) is 1. The molecule has 0 bridgehead atoms. The number of hydrogen-bond donors (Lipinski definition) is 3. The van der Waals surface area contributed by atoms with E-state index in [-0.39, 0.29) is 17.3 Å². The van der Waals surface area contributed by atoms with Gasteiger partial charge in [-0.3, -0.25) is 4.90 Å². The van der Waals surface area contributed by atoms with Gasteiger partial charge in [-0.15, -0.1) is 0 Å². The van der Waals surface area contributed by atoms with E-state index in [1.165, 1.54) is 6.07 Å². The summed E-state index contributed by atoms with van der Waals surface area (Å²) in [6, 6.07) is 4.93. The second kappa shape index (κ2) is 8.54. The van der Waals surface area contributed by atoms with Gasteiger partial charge in [0.15, 0.2) is 0 Å². The summed E-state index contributed by atoms with van der Waals surface area (Å²) < 4.78 is 5.62. The summed E-state index contributed by atoms with van der Waals surface area (Å²) in [5, 5.41) is 15.6. The Morgan fingerprint density at radius 1 is 1.52 bits per heavy atom. The Hall–Kier alpha value is -2.39. The SMILES string of the molecule is C=C(CN1CCCC(CN)C1)NC1Cc2cccc(C(=O)O)c2OB1N=O. The molecule has 0 saturated carbocycles. The molecular formula is C18H25BN4O4. The third-order valence-corrected chi connectivity index (χ3v) is 5.19. The van der Waals surface area contributed by atoms with Crippen molar-refractivity contribution in [2.75, 3.05) is 26.2 Å². The first kappa shape index (κ1) is 19.4. The first-order chi connectivity index (χ1) is 13.0. The number of rotatable bonds is 7. The van der Waals surface area contributed by atoms with Gasteiger partial charge in [-0.2, -0.15) is 4.91 Å². The van der Waals surface area contributed by atoms with Crippen LogP contribution in [0.3, 0.4) is 0 Å². The van der Waals surface area contributed by atoms with Crippen molar-refractivity contribution in [1.82, 2.24) is 10.2 Å². The maximum absolute atomic E-state index is 11.4. The number of carboxylic acids is 1. The molecule has 2 atom stereocenters. The zero-order valence-electron chi connectivity index (χ0n) is 15.3. The fourth-order valence-electron chi connectivity index (χ4n) is 3.88. The number of carbonyl (C=O) groups is 1. The van der Waals surface area contributed by atoms with Crippen LogP contribution < -0.4 is 15.7 Å². The van der Waals surface area contributed by atoms with Crippen molar-refractivity contribution >= 4 is 13.0 Å². The lowest BCUT2D eigenvalue weighted by Crippen LogP contribution is -2.51. The van der Waals surface area contributed by atoms with E-state index in [4.69, 9.17) is 10.4 Å². The molecule has 27 heavy (non-hydrogen) atoms. The number of likely N-dealkylation sites (tertiary alicyclic amines) is 1. The monoisotopic (exact) mass is 372 g/mol. The van der Waals surface area contributed by atoms with Crippen molar-refractivity contribution in [3.05, 3.63) is 46.5 Å². The van der Waals surface area contributed by atoms with Crippen LogP contribution in [0.15, 0.2) is 35.6 Å². The fraction of sp³-hybridized carbons (Fsp3) is 0.500. The predicted molar refractivity (Wildman–Crippen MR) is 104 cm³/mol. The van der Waals surface area contributed by atoms with Gasteiger partial charge in [0.25, 0.3) is 0 Å². The predicted octanol–water partition coefficient (Wildman–Crippen LogP) is 1.26. The number of benzene rings is 1. The van der Waals surface area contributed by atoms with Crippen molar-refractivity contribution in [3.8, 4) is 5.75 Å². The third-order valence-electron chi connectivity index (χ3n) is 5.19. The first-order valence-electron chi connectivity index (χ1n) is 9.22. The molecule has 1 aromatic carbocycles. The van der Waals surface area contributed by atoms with Crippen molar-refractivity contribution in [2.24, 2.45) is 16.7 Å². The number of carboxylic acid groups (broad SMARTS) is 1. The summed E-state index contributed by atoms with van der Waals surface area (Å²) in [5.74, 6) is -0.746. The number of para-hydroxylation sites is 1. The lowest BCUT2D eigenvalue weighted by atomic mass is 9.68. The fourth-order valence-corrected chi connectivity index (χ4v) is 3.88. The molecular weight excluding hydrogens is 347 g/mol. The minimum Gasteiger partial charge on any atom is -0.536 e. The zero-order chi connectivity index (χ0) is 19.4. The van der Waals surface area contributed by atoms with Crippen LogP contribution in [0.1, 0.15) is 28.8 Å². The number of hydrogen-bond acceptors (Lipinski definition) is 7. The zero-order valence-corrected chi connectivity index (χ0v) is 15.3. The Labute approximate surface area is 158 Å². The number of nitroso groups, excluding NO2 is 1. The molecule has 2 aliphatic heterocycles. The minimum absolute atomic E-state index is 0.0413. The third kappa shape index (κ3) is 4.48. The van der Waals surface area contributed by atoms with E-state index in [9.17, 15) is 14.8 Å². The first-order valence-corrected chi connectivity index (χ1v) is 9.22. The number of nitrogens with zero attached hydrogens (tertiary/aromatic N) is 2. The molecule has 2 aliphatic rings. The summed E-state index contributed by atoms with van der Waals surface area (Å²) >= 11 is 0. The van der Waals surface area contributed by atoms with Gasteiger partial charge in [0, 0.05) is 18.8 Å². The Kier molecular flexibility index (Phi) is 6.13. The molecule has 144 valence electrons. The molecule has 0 spiro atoms. The van der Waals surface area contributed by atoms with Gasteiger partial charge < -0.3 is 20.8 Å². The molecule has 9 heteroatoms. The molecule has 0 aliphatic carbocycles. The second-order valence-corrected chi connectivity index (χ2v) is 7.25. The summed E-state index contributed by atoms with van der Waals surface area (Å²) in [7, 11) is -1.01. The summed E-state index contributed by atoms with van der Waals surface area (Å²) in [6.07, 6.45) is 2.71. The van der Waals surface area contributed by atoms with Crippen LogP contribution in [0.5, 0.6) is 5.75 Å². The quantitative estimate of drug-likeness (QED) is 0.487. The van der Waals surface area contributed by atoms with Crippen molar-refractivity contribution in [2.45, 2.75) is 25.2 Å². The molecule has 2 heterocycles. The van der Waals surface area contributed by atoms with Gasteiger partial charge in [0.2, 0.25) is 0 Å². The number of piperidine rings is 1. The highest BCUT2D eigenvalue weighted by Crippen LogP contribution is 2.31. The standard InChI is InChI=1S/C18H25BN4O4/c1-12(10-23-7-3-4-13(9-20)11-23)21-16-8-14-5-2-6-15(18(24)25)17(14)27-19(16)22-26/h2,5-6,13,16,21H,1,3-4,7-11,20H2,(H,24,25). The van der Waals surface area contributed by atoms with Gasteiger partial charge >= 0.3 is 13.0 Å². The van der Waals surface area contributed by atoms with E-state index in [1.54, 1.807) is 12.1 Å². The van der Waals surface area contributed by atoms with Gasteiger partial charge in [0.05, 0.1) is 11.5 Å². The highest BCUT2D eigenvalue weighted by Gasteiger charge is 2.39. The van der Waals surface area contributed by atoms with Gasteiger partial charge in [0.1, 0.15) is 5.75 Å². The smallest absolute Gasteiger partial charge is 0.536 e. The normalized spacial score (nSPS) is 22.5. The van der Waals surface area contributed by atoms with E-state index in [0.29, 0.717) is 25.4 Å². The van der Waals surface area contributed by atoms with Gasteiger partial charge in [-0.25, -0.2) is 4.79 Å². The number of aromatic carboxylic acids is 1. The molecule has 8 nitrogen and oxygen atoms in total. The highest BCUT2D eigenvalue weighted by atomic mass is 16.5. The molecule has 1 saturated heterocycles. The van der Waals surface area contributed by atoms with Crippen molar-refractivity contribution in [3.63, 3.8) is 0 Å². The van der Waals surface area contributed by atoms with Crippen LogP contribution in [0.4, 0.5) is 0 Å². The van der Waals surface area contributed by atoms with Crippen LogP contribution in [-0.2, 0) is 6.42 Å². The number of fused-ring (bicyclic) bond motifs is 1. The van der Waals surface area contributed by atoms with Gasteiger partial charge in [-0.05, 0) is 49.9 Å². The molecule has 0 radical (unpaired) electrons. The Balaban J connectivity index is 1.66. The van der Waals surface area contributed by atoms with Crippen molar-refractivity contribution < 1.29 is 14.6 Å². The van der Waals surface area contributed by atoms with E-state index >= 15 is 0 Å². The average molecular weight is 372 g/mol. The van der Waals surface area contributed by atoms with Crippen LogP contribution in [0.2, 0.25) is 0 Å². The second-order valence-electron chi connectivity index (χ2n) is 7.25.